The molecule has 0 bridgehead atoms. The van der Waals surface area contributed by atoms with E-state index in [1.807, 2.05) is 6.07 Å². The average molecular weight is 277 g/mol. The van der Waals surface area contributed by atoms with E-state index in [-0.39, 0.29) is 18.2 Å². The number of hydrogen-bond donors (Lipinski definition) is 2. The molecule has 6 nitrogen and oxygen atoms in total. The summed E-state index contributed by atoms with van der Waals surface area (Å²) in [5.41, 5.74) is 1.37. The van der Waals surface area contributed by atoms with Crippen LogP contribution in [0.4, 0.5) is 5.69 Å². The van der Waals surface area contributed by atoms with Gasteiger partial charge in [0.15, 0.2) is 0 Å². The van der Waals surface area contributed by atoms with Gasteiger partial charge in [-0.3, -0.25) is 14.6 Å². The molecular weight excluding hydrogens is 258 g/mol. The summed E-state index contributed by atoms with van der Waals surface area (Å²) in [5.74, 6) is -0.675. The molecule has 1 amide bonds. The highest BCUT2D eigenvalue weighted by Crippen LogP contribution is 2.25. The Kier molecular flexibility index (Phi) is 4.55. The van der Waals surface area contributed by atoms with Crippen LogP contribution in [-0.4, -0.2) is 42.1 Å². The molecule has 1 aromatic heterocycles. The summed E-state index contributed by atoms with van der Waals surface area (Å²) in [7, 11) is 1.58. The highest BCUT2D eigenvalue weighted by Gasteiger charge is 2.22. The fourth-order valence-electron chi connectivity index (χ4n) is 2.51. The van der Waals surface area contributed by atoms with E-state index in [1.165, 1.54) is 0 Å². The second-order valence-electron chi connectivity index (χ2n) is 5.01. The van der Waals surface area contributed by atoms with E-state index in [0.717, 1.165) is 31.6 Å². The van der Waals surface area contributed by atoms with Crippen LogP contribution >= 0.6 is 0 Å². The quantitative estimate of drug-likeness (QED) is 0.862. The van der Waals surface area contributed by atoms with E-state index in [4.69, 9.17) is 5.11 Å². The minimum atomic E-state index is -0.728. The Morgan fingerprint density at radius 1 is 1.45 bits per heavy atom. The number of aromatic nitrogens is 1. The van der Waals surface area contributed by atoms with E-state index in [9.17, 15) is 9.59 Å². The van der Waals surface area contributed by atoms with Gasteiger partial charge in [0, 0.05) is 38.4 Å². The second-order valence-corrected chi connectivity index (χ2v) is 5.01. The fourth-order valence-corrected chi connectivity index (χ4v) is 2.51. The first kappa shape index (κ1) is 14.3. The Labute approximate surface area is 117 Å². The Hall–Kier alpha value is -2.11. The number of carbonyl (C=O) groups excluding carboxylic acids is 1. The van der Waals surface area contributed by atoms with Crippen LogP contribution < -0.4 is 10.2 Å². The van der Waals surface area contributed by atoms with Crippen molar-refractivity contribution in [3.63, 3.8) is 0 Å². The number of aliphatic carboxylic acids is 1. The summed E-state index contributed by atoms with van der Waals surface area (Å²) in [5, 5.41) is 11.4. The molecule has 2 rings (SSSR count). The molecule has 0 unspecified atom stereocenters. The minimum Gasteiger partial charge on any atom is -0.481 e. The molecule has 2 heterocycles. The van der Waals surface area contributed by atoms with Gasteiger partial charge in [0.05, 0.1) is 0 Å². The van der Waals surface area contributed by atoms with Gasteiger partial charge in [0.25, 0.3) is 5.91 Å². The van der Waals surface area contributed by atoms with Crippen LogP contribution in [0, 0.1) is 5.92 Å². The first-order valence-electron chi connectivity index (χ1n) is 6.75. The number of amides is 1. The molecule has 1 aliphatic heterocycles. The van der Waals surface area contributed by atoms with Gasteiger partial charge in [-0.1, -0.05) is 0 Å². The molecule has 0 aliphatic carbocycles. The number of carboxylic acids is 1. The van der Waals surface area contributed by atoms with Gasteiger partial charge in [-0.05, 0) is 30.9 Å². The van der Waals surface area contributed by atoms with E-state index >= 15 is 0 Å². The Morgan fingerprint density at radius 2 is 2.15 bits per heavy atom. The van der Waals surface area contributed by atoms with Crippen molar-refractivity contribution in [2.45, 2.75) is 19.3 Å². The predicted octanol–water partition coefficient (Wildman–Crippen LogP) is 1.13. The third-order valence-electron chi connectivity index (χ3n) is 3.65. The lowest BCUT2D eigenvalue weighted by molar-refractivity contribution is -0.138. The van der Waals surface area contributed by atoms with Gasteiger partial charge in [-0.2, -0.15) is 0 Å². The summed E-state index contributed by atoms with van der Waals surface area (Å²) in [4.78, 5) is 28.5. The molecule has 0 atom stereocenters. The zero-order valence-corrected chi connectivity index (χ0v) is 11.5. The van der Waals surface area contributed by atoms with Crippen molar-refractivity contribution in [2.24, 2.45) is 5.92 Å². The maximum absolute atomic E-state index is 11.6. The van der Waals surface area contributed by atoms with Crippen molar-refractivity contribution in [3.05, 3.63) is 24.0 Å². The van der Waals surface area contributed by atoms with Gasteiger partial charge in [-0.25, -0.2) is 0 Å². The molecule has 1 aliphatic rings. The molecule has 108 valence electrons. The predicted molar refractivity (Wildman–Crippen MR) is 74.8 cm³/mol. The van der Waals surface area contributed by atoms with Crippen LogP contribution in [0.1, 0.15) is 29.8 Å². The van der Waals surface area contributed by atoms with Crippen LogP contribution in [0.2, 0.25) is 0 Å². The standard InChI is InChI=1S/C14H19N3O3/c1-15-14(20)12-9-11(2-5-16-12)17-6-3-10(4-7-17)8-13(18)19/h2,5,9-10H,3-4,6-8H2,1H3,(H,15,20)(H,18,19). The lowest BCUT2D eigenvalue weighted by atomic mass is 9.93. The van der Waals surface area contributed by atoms with Gasteiger partial charge >= 0.3 is 5.97 Å². The van der Waals surface area contributed by atoms with E-state index in [0.29, 0.717) is 5.69 Å². The lowest BCUT2D eigenvalue weighted by Crippen LogP contribution is -2.34. The topological polar surface area (TPSA) is 82.5 Å². The maximum Gasteiger partial charge on any atom is 0.303 e. The smallest absolute Gasteiger partial charge is 0.303 e. The number of carboxylic acid groups (broad SMARTS) is 1. The van der Waals surface area contributed by atoms with Gasteiger partial charge < -0.3 is 15.3 Å². The largest absolute Gasteiger partial charge is 0.481 e. The number of nitrogens with one attached hydrogen (secondary N) is 1. The molecule has 1 aromatic rings. The summed E-state index contributed by atoms with van der Waals surface area (Å²) in [6.07, 6.45) is 3.60. The molecule has 0 aromatic carbocycles. The number of pyridine rings is 1. The molecule has 0 spiro atoms. The number of anilines is 1. The second kappa shape index (κ2) is 6.36. The highest BCUT2D eigenvalue weighted by atomic mass is 16.4. The van der Waals surface area contributed by atoms with Crippen molar-refractivity contribution in [1.29, 1.82) is 0 Å². The van der Waals surface area contributed by atoms with Crippen LogP contribution in [0.5, 0.6) is 0 Å². The highest BCUT2D eigenvalue weighted by molar-refractivity contribution is 5.92. The van der Waals surface area contributed by atoms with E-state index in [2.05, 4.69) is 15.2 Å². The Balaban J connectivity index is 2.00. The van der Waals surface area contributed by atoms with Crippen molar-refractivity contribution < 1.29 is 14.7 Å². The molecule has 6 heteroatoms. The molecular formula is C14H19N3O3. The zero-order valence-electron chi connectivity index (χ0n) is 11.5. The molecule has 0 radical (unpaired) electrons. The van der Waals surface area contributed by atoms with Crippen LogP contribution in [0.3, 0.4) is 0 Å². The first-order valence-corrected chi connectivity index (χ1v) is 6.75. The monoisotopic (exact) mass is 277 g/mol. The number of rotatable bonds is 4. The first-order chi connectivity index (χ1) is 9.60. The molecule has 2 N–H and O–H groups in total. The van der Waals surface area contributed by atoms with Gasteiger partial charge in [0.1, 0.15) is 5.69 Å². The van der Waals surface area contributed by atoms with E-state index in [1.54, 1.807) is 19.3 Å². The van der Waals surface area contributed by atoms with Gasteiger partial charge in [0.2, 0.25) is 0 Å². The average Bonchev–Trinajstić information content (AvgIpc) is 2.47. The SMILES string of the molecule is CNC(=O)c1cc(N2CCC(CC(=O)O)CC2)ccn1. The van der Waals surface area contributed by atoms with Crippen LogP contribution in [-0.2, 0) is 4.79 Å². The summed E-state index contributed by atoms with van der Waals surface area (Å²) in [6, 6.07) is 3.65. The number of piperidine rings is 1. The van der Waals surface area contributed by atoms with Crippen LogP contribution in [0.25, 0.3) is 0 Å². The molecule has 1 saturated heterocycles. The molecule has 0 saturated carbocycles. The lowest BCUT2D eigenvalue weighted by Gasteiger charge is -2.33. The Bertz CT molecular complexity index is 496. The van der Waals surface area contributed by atoms with Crippen molar-refractivity contribution >= 4 is 17.6 Å². The molecule has 1 fully saturated rings. The normalized spacial score (nSPS) is 15.9. The van der Waals surface area contributed by atoms with Crippen LogP contribution in [0.15, 0.2) is 18.3 Å². The Morgan fingerprint density at radius 3 is 2.75 bits per heavy atom. The molecule has 20 heavy (non-hydrogen) atoms. The van der Waals surface area contributed by atoms with Gasteiger partial charge in [-0.15, -0.1) is 0 Å². The van der Waals surface area contributed by atoms with Crippen molar-refractivity contribution in [3.8, 4) is 0 Å². The zero-order chi connectivity index (χ0) is 14.5. The van der Waals surface area contributed by atoms with E-state index < -0.39 is 5.97 Å². The summed E-state index contributed by atoms with van der Waals surface area (Å²) >= 11 is 0. The van der Waals surface area contributed by atoms with Crippen molar-refractivity contribution in [2.75, 3.05) is 25.0 Å². The number of hydrogen-bond acceptors (Lipinski definition) is 4. The van der Waals surface area contributed by atoms with Crippen molar-refractivity contribution in [1.82, 2.24) is 10.3 Å². The number of nitrogens with zero attached hydrogens (tertiary/aromatic N) is 2. The maximum atomic E-state index is 11.6. The fraction of sp³-hybridized carbons (Fsp3) is 0.500. The third-order valence-corrected chi connectivity index (χ3v) is 3.65. The summed E-state index contributed by atoms with van der Waals surface area (Å²) in [6.45, 7) is 1.63. The summed E-state index contributed by atoms with van der Waals surface area (Å²) < 4.78 is 0. The minimum absolute atomic E-state index is 0.201. The number of carbonyl (C=O) groups is 2. The third kappa shape index (κ3) is 3.46.